The van der Waals surface area contributed by atoms with E-state index in [-0.39, 0.29) is 12.5 Å². The van der Waals surface area contributed by atoms with E-state index >= 15 is 0 Å². The molecule has 0 amide bonds. The molecule has 0 bridgehead atoms. The lowest BCUT2D eigenvalue weighted by Crippen LogP contribution is -2.62. The molecule has 4 aromatic rings. The van der Waals surface area contributed by atoms with Gasteiger partial charge in [-0.1, -0.05) is 35.8 Å². The van der Waals surface area contributed by atoms with Crippen LogP contribution in [0.4, 0.5) is 0 Å². The SMILES string of the molecule is [2H]C([2H])([2H])c1ccc2c3c(oc2n1)=CN(C)B(c1cc(C)c(-c2ccccc2)c[n+]1C)C=3C. The summed E-state index contributed by atoms with van der Waals surface area (Å²) in [7, 11) is 4.11. The number of hydrogen-bond acceptors (Lipinski definition) is 3. The minimum Gasteiger partial charge on any atom is -0.436 e. The van der Waals surface area contributed by atoms with Crippen LogP contribution in [0.2, 0.25) is 0 Å². The average Bonchev–Trinajstić information content (AvgIpc) is 3.13. The topological polar surface area (TPSA) is 33.2 Å². The highest BCUT2D eigenvalue weighted by Crippen LogP contribution is 2.21. The molecule has 0 fully saturated rings. The maximum Gasteiger partial charge on any atom is 0.399 e. The lowest BCUT2D eigenvalue weighted by molar-refractivity contribution is -0.653. The Labute approximate surface area is 181 Å². The van der Waals surface area contributed by atoms with E-state index in [1.54, 1.807) is 6.07 Å². The number of rotatable bonds is 2. The fraction of sp³-hybridized carbons (Fsp3) is 0.200. The molecular formula is C25H25BN3O+. The summed E-state index contributed by atoms with van der Waals surface area (Å²) in [5.41, 5.74) is 7.02. The number of benzene rings is 1. The molecule has 3 aromatic heterocycles. The molecule has 0 spiro atoms. The number of pyridine rings is 2. The average molecular weight is 397 g/mol. The van der Waals surface area contributed by atoms with Gasteiger partial charge in [0.15, 0.2) is 17.2 Å². The fourth-order valence-corrected chi connectivity index (χ4v) is 4.59. The summed E-state index contributed by atoms with van der Waals surface area (Å²) < 4.78 is 31.1. The number of hydrogen-bond donors (Lipinski definition) is 0. The lowest BCUT2D eigenvalue weighted by Gasteiger charge is -2.24. The van der Waals surface area contributed by atoms with Gasteiger partial charge in [-0.25, -0.2) is 9.55 Å². The summed E-state index contributed by atoms with van der Waals surface area (Å²) in [6.45, 7) is 2.00. The predicted molar refractivity (Wildman–Crippen MR) is 122 cm³/mol. The zero-order chi connectivity index (χ0) is 23.5. The smallest absolute Gasteiger partial charge is 0.399 e. The highest BCUT2D eigenvalue weighted by Gasteiger charge is 2.35. The van der Waals surface area contributed by atoms with Gasteiger partial charge in [0.2, 0.25) is 5.71 Å². The van der Waals surface area contributed by atoms with E-state index in [0.717, 1.165) is 21.7 Å². The van der Waals surface area contributed by atoms with Crippen molar-refractivity contribution in [2.75, 3.05) is 7.05 Å². The van der Waals surface area contributed by atoms with Crippen molar-refractivity contribution in [2.45, 2.75) is 20.7 Å². The number of aromatic nitrogens is 2. The number of fused-ring (bicyclic) bond motifs is 3. The summed E-state index contributed by atoms with van der Waals surface area (Å²) in [5.74, 6) is 0. The summed E-state index contributed by atoms with van der Waals surface area (Å²) in [5, 5.41) is 1.83. The van der Waals surface area contributed by atoms with Crippen LogP contribution in [0.1, 0.15) is 22.3 Å². The van der Waals surface area contributed by atoms with Crippen molar-refractivity contribution in [3.8, 4) is 11.1 Å². The summed E-state index contributed by atoms with van der Waals surface area (Å²) in [4.78, 5) is 6.44. The Balaban J connectivity index is 1.68. The first kappa shape index (κ1) is 15.5. The number of aryl methyl sites for hydroxylation is 3. The van der Waals surface area contributed by atoms with Crippen LogP contribution in [-0.4, -0.2) is 23.7 Å². The Morgan fingerprint density at radius 3 is 2.70 bits per heavy atom. The van der Waals surface area contributed by atoms with Gasteiger partial charge in [0.1, 0.15) is 7.05 Å². The van der Waals surface area contributed by atoms with E-state index in [4.69, 9.17) is 8.53 Å². The van der Waals surface area contributed by atoms with Crippen molar-refractivity contribution >= 4 is 35.2 Å². The normalized spacial score (nSPS) is 15.5. The zero-order valence-electron chi connectivity index (χ0n) is 20.6. The molecule has 0 unspecified atom stereocenters. The third-order valence-electron chi connectivity index (χ3n) is 6.00. The molecule has 4 heterocycles. The third-order valence-corrected chi connectivity index (χ3v) is 6.00. The van der Waals surface area contributed by atoms with E-state index in [1.807, 2.05) is 25.4 Å². The molecule has 0 saturated carbocycles. The van der Waals surface area contributed by atoms with Crippen molar-refractivity contribution in [3.05, 3.63) is 76.6 Å². The van der Waals surface area contributed by atoms with Crippen molar-refractivity contribution in [2.24, 2.45) is 7.05 Å². The second kappa shape index (κ2) is 6.87. The van der Waals surface area contributed by atoms with Gasteiger partial charge < -0.3 is 9.23 Å². The van der Waals surface area contributed by atoms with Gasteiger partial charge in [-0.15, -0.1) is 0 Å². The monoisotopic (exact) mass is 397 g/mol. The van der Waals surface area contributed by atoms with Crippen LogP contribution in [-0.2, 0) is 7.05 Å². The quantitative estimate of drug-likeness (QED) is 0.384. The molecule has 30 heavy (non-hydrogen) atoms. The van der Waals surface area contributed by atoms with Gasteiger partial charge in [0.05, 0.1) is 0 Å². The molecule has 0 radical (unpaired) electrons. The molecule has 1 aliphatic rings. The minimum atomic E-state index is -2.27. The highest BCUT2D eigenvalue weighted by atomic mass is 16.3. The largest absolute Gasteiger partial charge is 0.436 e. The molecule has 0 atom stereocenters. The second-order valence-corrected chi connectivity index (χ2v) is 8.04. The van der Waals surface area contributed by atoms with Crippen LogP contribution in [0.3, 0.4) is 0 Å². The number of nitrogens with zero attached hydrogens (tertiary/aromatic N) is 3. The predicted octanol–water partition coefficient (Wildman–Crippen LogP) is 2.23. The van der Waals surface area contributed by atoms with E-state index in [0.29, 0.717) is 11.1 Å². The van der Waals surface area contributed by atoms with Crippen LogP contribution in [0, 0.1) is 13.8 Å². The first-order valence-corrected chi connectivity index (χ1v) is 10.1. The van der Waals surface area contributed by atoms with Gasteiger partial charge in [-0.2, -0.15) is 0 Å². The Morgan fingerprint density at radius 1 is 1.13 bits per heavy atom. The van der Waals surface area contributed by atoms with Gasteiger partial charge in [0.25, 0.3) is 0 Å². The molecule has 148 valence electrons. The van der Waals surface area contributed by atoms with Gasteiger partial charge in [0, 0.05) is 38.2 Å². The fourth-order valence-electron chi connectivity index (χ4n) is 4.59. The summed E-state index contributed by atoms with van der Waals surface area (Å²) >= 11 is 0. The second-order valence-electron chi connectivity index (χ2n) is 8.04. The van der Waals surface area contributed by atoms with Crippen LogP contribution in [0.15, 0.2) is 59.1 Å². The maximum atomic E-state index is 7.66. The summed E-state index contributed by atoms with van der Waals surface area (Å²) in [6.07, 6.45) is 4.17. The Kier molecular flexibility index (Phi) is 3.55. The lowest BCUT2D eigenvalue weighted by atomic mass is 9.50. The Morgan fingerprint density at radius 2 is 1.93 bits per heavy atom. The molecule has 0 aliphatic carbocycles. The number of furan rings is 1. The van der Waals surface area contributed by atoms with Crippen LogP contribution >= 0.6 is 0 Å². The van der Waals surface area contributed by atoms with E-state index in [9.17, 15) is 0 Å². The molecule has 0 N–H and O–H groups in total. The van der Waals surface area contributed by atoms with Crippen molar-refractivity contribution in [1.82, 2.24) is 9.79 Å². The molecule has 5 heteroatoms. The van der Waals surface area contributed by atoms with Crippen molar-refractivity contribution < 1.29 is 13.1 Å². The Bertz CT molecular complexity index is 1510. The van der Waals surface area contributed by atoms with E-state index in [2.05, 4.69) is 71.8 Å². The molecule has 1 aromatic carbocycles. The molecular weight excluding hydrogens is 369 g/mol. The summed E-state index contributed by atoms with van der Waals surface area (Å²) in [6, 6.07) is 16.0. The van der Waals surface area contributed by atoms with Gasteiger partial charge in [-0.3, -0.25) is 0 Å². The van der Waals surface area contributed by atoms with Crippen LogP contribution in [0.5, 0.6) is 0 Å². The Hall–Kier alpha value is -3.34. The van der Waals surface area contributed by atoms with E-state index in [1.165, 1.54) is 16.7 Å². The first-order valence-electron chi connectivity index (χ1n) is 11.6. The molecule has 0 saturated heterocycles. The minimum absolute atomic E-state index is 0.00844. The van der Waals surface area contributed by atoms with Crippen molar-refractivity contribution in [3.63, 3.8) is 0 Å². The highest BCUT2D eigenvalue weighted by molar-refractivity contribution is 6.85. The maximum absolute atomic E-state index is 7.66. The standard InChI is InChI=1S/C25H25BN3O/c1-16-13-23(28(4)14-21(16)19-9-7-6-8-10-19)26-18(3)24-20-12-11-17(2)27-25(20)30-22(24)15-29(26)5/h6-15H,1-5H3/q+1/i2D3. The zero-order valence-corrected chi connectivity index (χ0v) is 17.6. The van der Waals surface area contributed by atoms with Gasteiger partial charge >= 0.3 is 6.85 Å². The third kappa shape index (κ3) is 2.85. The van der Waals surface area contributed by atoms with Crippen LogP contribution in [0.25, 0.3) is 33.9 Å². The van der Waals surface area contributed by atoms with Gasteiger partial charge in [-0.05, 0) is 51.0 Å². The first-order chi connectivity index (χ1) is 15.6. The van der Waals surface area contributed by atoms with Crippen LogP contribution < -0.4 is 20.8 Å². The van der Waals surface area contributed by atoms with Crippen molar-refractivity contribution in [1.29, 1.82) is 0 Å². The molecule has 5 rings (SSSR count). The molecule has 4 nitrogen and oxygen atoms in total. The van der Waals surface area contributed by atoms with E-state index < -0.39 is 6.85 Å². The molecule has 1 aliphatic heterocycles.